The summed E-state index contributed by atoms with van der Waals surface area (Å²) in [5.41, 5.74) is 2.12. The van der Waals surface area contributed by atoms with Gasteiger partial charge < -0.3 is 9.64 Å². The first-order valence-electron chi connectivity index (χ1n) is 8.65. The number of carbonyl (C=O) groups is 1. The fraction of sp³-hybridized carbons (Fsp3) is 0.316. The number of amides is 1. The fourth-order valence-corrected chi connectivity index (χ4v) is 3.17. The zero-order valence-corrected chi connectivity index (χ0v) is 14.5. The number of hydrogen-bond acceptors (Lipinski definition) is 6. The first-order valence-corrected chi connectivity index (χ1v) is 8.65. The summed E-state index contributed by atoms with van der Waals surface area (Å²) in [5.74, 6) is 1.21. The van der Waals surface area contributed by atoms with E-state index < -0.39 is 0 Å². The van der Waals surface area contributed by atoms with Gasteiger partial charge in [-0.3, -0.25) is 14.8 Å². The van der Waals surface area contributed by atoms with Gasteiger partial charge in [-0.05, 0) is 38.0 Å². The van der Waals surface area contributed by atoms with Gasteiger partial charge in [-0.1, -0.05) is 0 Å². The molecule has 3 aromatic rings. The van der Waals surface area contributed by atoms with Gasteiger partial charge in [0.1, 0.15) is 11.9 Å². The molecule has 0 radical (unpaired) electrons. The first-order chi connectivity index (χ1) is 12.7. The molecule has 3 heterocycles. The Kier molecular flexibility index (Phi) is 4.43. The predicted molar refractivity (Wildman–Crippen MR) is 95.9 cm³/mol. The molecule has 0 saturated carbocycles. The van der Waals surface area contributed by atoms with E-state index in [-0.39, 0.29) is 12.0 Å². The molecule has 1 aromatic carbocycles. The lowest BCUT2D eigenvalue weighted by Gasteiger charge is -2.32. The Morgan fingerprint density at radius 2 is 1.96 bits per heavy atom. The van der Waals surface area contributed by atoms with Gasteiger partial charge in [0.05, 0.1) is 17.6 Å². The minimum absolute atomic E-state index is 0.00952. The molecule has 7 heteroatoms. The topological polar surface area (TPSA) is 81.1 Å². The van der Waals surface area contributed by atoms with Crippen LogP contribution in [0, 0.1) is 6.92 Å². The minimum atomic E-state index is -0.0674. The molecular formula is C19H19N5O2. The number of ether oxygens (including phenoxy) is 1. The van der Waals surface area contributed by atoms with Crippen molar-refractivity contribution in [2.75, 3.05) is 13.1 Å². The minimum Gasteiger partial charge on any atom is -0.472 e. The van der Waals surface area contributed by atoms with Gasteiger partial charge in [-0.15, -0.1) is 0 Å². The number of nitrogens with zero attached hydrogens (tertiary/aromatic N) is 5. The highest BCUT2D eigenvalue weighted by Crippen LogP contribution is 2.19. The van der Waals surface area contributed by atoms with Gasteiger partial charge in [-0.2, -0.15) is 4.98 Å². The molecule has 4 rings (SSSR count). The smallest absolute Gasteiger partial charge is 0.254 e. The summed E-state index contributed by atoms with van der Waals surface area (Å²) in [4.78, 5) is 31.6. The van der Waals surface area contributed by atoms with Crippen LogP contribution in [0.1, 0.15) is 29.0 Å². The Balaban J connectivity index is 1.48. The highest BCUT2D eigenvalue weighted by atomic mass is 16.5. The van der Waals surface area contributed by atoms with Gasteiger partial charge in [0, 0.05) is 36.8 Å². The van der Waals surface area contributed by atoms with Gasteiger partial charge in [0.15, 0.2) is 0 Å². The van der Waals surface area contributed by atoms with E-state index in [0.717, 1.165) is 30.4 Å². The molecular weight excluding hydrogens is 330 g/mol. The van der Waals surface area contributed by atoms with E-state index in [1.54, 1.807) is 36.8 Å². The zero-order chi connectivity index (χ0) is 17.9. The maximum absolute atomic E-state index is 12.9. The van der Waals surface area contributed by atoms with Crippen molar-refractivity contribution in [2.24, 2.45) is 0 Å². The van der Waals surface area contributed by atoms with E-state index in [1.807, 2.05) is 17.9 Å². The summed E-state index contributed by atoms with van der Waals surface area (Å²) >= 11 is 0. The van der Waals surface area contributed by atoms with Crippen molar-refractivity contribution in [3.8, 4) is 5.88 Å². The van der Waals surface area contributed by atoms with Crippen LogP contribution in [-0.4, -0.2) is 49.9 Å². The van der Waals surface area contributed by atoms with E-state index >= 15 is 0 Å². The van der Waals surface area contributed by atoms with Crippen LogP contribution in [0.25, 0.3) is 11.0 Å². The van der Waals surface area contributed by atoms with E-state index in [4.69, 9.17) is 4.74 Å². The van der Waals surface area contributed by atoms with Crippen molar-refractivity contribution in [2.45, 2.75) is 25.9 Å². The molecule has 0 unspecified atom stereocenters. The van der Waals surface area contributed by atoms with Crippen LogP contribution in [-0.2, 0) is 0 Å². The van der Waals surface area contributed by atoms with E-state index in [0.29, 0.717) is 23.8 Å². The molecule has 0 N–H and O–H groups in total. The number of aromatic nitrogens is 4. The van der Waals surface area contributed by atoms with E-state index in [2.05, 4.69) is 19.9 Å². The maximum Gasteiger partial charge on any atom is 0.254 e. The molecule has 1 atom stereocenters. The summed E-state index contributed by atoms with van der Waals surface area (Å²) in [7, 11) is 0. The molecule has 1 aliphatic rings. The summed E-state index contributed by atoms with van der Waals surface area (Å²) in [6, 6.07) is 7.17. The summed E-state index contributed by atoms with van der Waals surface area (Å²) in [5, 5.41) is 0. The molecule has 1 aliphatic heterocycles. The average Bonchev–Trinajstić information content (AvgIpc) is 2.67. The van der Waals surface area contributed by atoms with Gasteiger partial charge in [-0.25, -0.2) is 4.98 Å². The number of hydrogen-bond donors (Lipinski definition) is 0. The molecule has 1 amide bonds. The Morgan fingerprint density at radius 1 is 1.12 bits per heavy atom. The highest BCUT2D eigenvalue weighted by molar-refractivity contribution is 5.97. The summed E-state index contributed by atoms with van der Waals surface area (Å²) in [6.45, 7) is 3.09. The third-order valence-corrected chi connectivity index (χ3v) is 4.42. The van der Waals surface area contributed by atoms with Crippen LogP contribution >= 0.6 is 0 Å². The summed E-state index contributed by atoms with van der Waals surface area (Å²) < 4.78 is 5.96. The van der Waals surface area contributed by atoms with Crippen LogP contribution < -0.4 is 4.74 Å². The Bertz CT molecular complexity index is 946. The normalized spacial score (nSPS) is 17.3. The molecule has 0 aliphatic carbocycles. The fourth-order valence-electron chi connectivity index (χ4n) is 3.17. The molecule has 0 spiro atoms. The average molecular weight is 349 g/mol. The number of fused-ring (bicyclic) bond motifs is 1. The first kappa shape index (κ1) is 16.4. The number of carbonyl (C=O) groups excluding carboxylic acids is 1. The molecule has 0 bridgehead atoms. The lowest BCUT2D eigenvalue weighted by Crippen LogP contribution is -2.44. The SMILES string of the molecule is Cc1nccc(O[C@H]2CCCN(C(=O)c3ccc4nccnc4c3)C2)n1. The van der Waals surface area contributed by atoms with Crippen molar-refractivity contribution in [1.82, 2.24) is 24.8 Å². The Labute approximate surface area is 151 Å². The molecule has 7 nitrogen and oxygen atoms in total. The summed E-state index contributed by atoms with van der Waals surface area (Å²) in [6.07, 6.45) is 6.68. The number of likely N-dealkylation sites (tertiary alicyclic amines) is 1. The standard InChI is InChI=1S/C19H19N5O2/c1-13-20-7-6-18(23-13)26-15-3-2-10-24(12-15)19(25)14-4-5-16-17(11-14)22-9-8-21-16/h4-9,11,15H,2-3,10,12H2,1H3/t15-/m0/s1. The number of benzene rings is 1. The maximum atomic E-state index is 12.9. The van der Waals surface area contributed by atoms with Gasteiger partial charge >= 0.3 is 0 Å². The van der Waals surface area contributed by atoms with Crippen LogP contribution in [0.3, 0.4) is 0 Å². The molecule has 2 aromatic heterocycles. The van der Waals surface area contributed by atoms with Crippen LogP contribution in [0.15, 0.2) is 42.9 Å². The highest BCUT2D eigenvalue weighted by Gasteiger charge is 2.26. The molecule has 132 valence electrons. The second kappa shape index (κ2) is 7.03. The lowest BCUT2D eigenvalue weighted by molar-refractivity contribution is 0.0527. The number of aryl methyl sites for hydroxylation is 1. The van der Waals surface area contributed by atoms with Gasteiger partial charge in [0.25, 0.3) is 5.91 Å². The van der Waals surface area contributed by atoms with Crippen molar-refractivity contribution in [3.63, 3.8) is 0 Å². The second-order valence-corrected chi connectivity index (χ2v) is 6.34. The largest absolute Gasteiger partial charge is 0.472 e. The van der Waals surface area contributed by atoms with Crippen molar-refractivity contribution >= 4 is 16.9 Å². The Morgan fingerprint density at radius 3 is 2.81 bits per heavy atom. The third-order valence-electron chi connectivity index (χ3n) is 4.42. The van der Waals surface area contributed by atoms with Crippen molar-refractivity contribution in [3.05, 3.63) is 54.2 Å². The second-order valence-electron chi connectivity index (χ2n) is 6.34. The predicted octanol–water partition coefficient (Wildman–Crippen LogP) is 2.41. The third kappa shape index (κ3) is 3.46. The van der Waals surface area contributed by atoms with Crippen LogP contribution in [0.5, 0.6) is 5.88 Å². The van der Waals surface area contributed by atoms with Crippen molar-refractivity contribution in [1.29, 1.82) is 0 Å². The Hall–Kier alpha value is -3.09. The van der Waals surface area contributed by atoms with Gasteiger partial charge in [0.2, 0.25) is 5.88 Å². The van der Waals surface area contributed by atoms with Crippen LogP contribution in [0.4, 0.5) is 0 Å². The van der Waals surface area contributed by atoms with Crippen LogP contribution in [0.2, 0.25) is 0 Å². The molecule has 26 heavy (non-hydrogen) atoms. The quantitative estimate of drug-likeness (QED) is 0.722. The van der Waals surface area contributed by atoms with Crippen molar-refractivity contribution < 1.29 is 9.53 Å². The number of rotatable bonds is 3. The molecule has 1 saturated heterocycles. The number of piperidine rings is 1. The lowest BCUT2D eigenvalue weighted by atomic mass is 10.1. The van der Waals surface area contributed by atoms with E-state index in [9.17, 15) is 4.79 Å². The monoisotopic (exact) mass is 349 g/mol. The zero-order valence-electron chi connectivity index (χ0n) is 14.5. The molecule has 1 fully saturated rings. The van der Waals surface area contributed by atoms with E-state index in [1.165, 1.54) is 0 Å².